The third-order valence-corrected chi connectivity index (χ3v) is 12.4. The molecule has 0 aliphatic carbocycles. The van der Waals surface area contributed by atoms with E-state index < -0.39 is 0 Å². The van der Waals surface area contributed by atoms with Crippen LogP contribution in [-0.2, 0) is 0 Å². The summed E-state index contributed by atoms with van der Waals surface area (Å²) in [7, 11) is 0. The van der Waals surface area contributed by atoms with Gasteiger partial charge in [-0.05, 0) is 125 Å². The zero-order valence-corrected chi connectivity index (χ0v) is 30.7. The summed E-state index contributed by atoms with van der Waals surface area (Å²) in [5, 5.41) is 10.1. The summed E-state index contributed by atoms with van der Waals surface area (Å²) in [5.41, 5.74) is 12.2. The highest BCUT2D eigenvalue weighted by Gasteiger charge is 2.13. The van der Waals surface area contributed by atoms with Gasteiger partial charge in [-0.25, -0.2) is 0 Å². The topological polar surface area (TPSA) is 12.9 Å². The molecule has 11 rings (SSSR count). The van der Waals surface area contributed by atoms with Crippen LogP contribution in [0.25, 0.3) is 108 Å². The predicted octanol–water partition coefficient (Wildman–Crippen LogP) is 15.2. The summed E-state index contributed by atoms with van der Waals surface area (Å²) in [6.45, 7) is 0. The molecule has 55 heavy (non-hydrogen) atoms. The first-order chi connectivity index (χ1) is 27.2. The first kappa shape index (κ1) is 31.6. The van der Waals surface area contributed by atoms with Crippen molar-refractivity contribution in [2.24, 2.45) is 0 Å². The number of rotatable bonds is 5. The Kier molecular flexibility index (Phi) is 7.43. The molecule has 9 aromatic carbocycles. The number of aromatic nitrogens is 1. The summed E-state index contributed by atoms with van der Waals surface area (Å²) < 4.78 is 2.67. The minimum atomic E-state index is 1.19. The Hall–Kier alpha value is -6.87. The van der Waals surface area contributed by atoms with Gasteiger partial charge in [0.15, 0.2) is 0 Å². The largest absolute Gasteiger partial charge is 0.264 e. The van der Waals surface area contributed by atoms with E-state index in [1.165, 1.54) is 108 Å². The number of thiophene rings is 1. The van der Waals surface area contributed by atoms with E-state index >= 15 is 0 Å². The molecule has 0 unspecified atom stereocenters. The Morgan fingerprint density at radius 2 is 0.745 bits per heavy atom. The molecule has 0 radical (unpaired) electrons. The second-order valence-corrected chi connectivity index (χ2v) is 15.4. The molecule has 0 aliphatic rings. The van der Waals surface area contributed by atoms with Gasteiger partial charge in [0.05, 0.1) is 0 Å². The molecular formula is C53H33NS. The fourth-order valence-electron chi connectivity index (χ4n) is 8.45. The van der Waals surface area contributed by atoms with Gasteiger partial charge in [0, 0.05) is 38.0 Å². The fraction of sp³-hybridized carbons (Fsp3) is 0. The lowest BCUT2D eigenvalue weighted by atomic mass is 9.91. The molecule has 256 valence electrons. The highest BCUT2D eigenvalue weighted by molar-refractivity contribution is 7.26. The SMILES string of the molecule is c1cc(-c2cccc(-c3cccc(-c4cccc5c4sc4ccccc45)c3)c2)cc(-c2cccc(-c3ccc4c5ccccc5c5cnccc5c4c3)c2)c1. The van der Waals surface area contributed by atoms with Gasteiger partial charge in [-0.2, -0.15) is 0 Å². The molecule has 2 heteroatoms. The van der Waals surface area contributed by atoms with Crippen LogP contribution in [0, 0.1) is 0 Å². The van der Waals surface area contributed by atoms with Gasteiger partial charge < -0.3 is 0 Å². The quantitative estimate of drug-likeness (QED) is 0.162. The van der Waals surface area contributed by atoms with Crippen LogP contribution in [0.4, 0.5) is 0 Å². The molecule has 0 amide bonds. The Morgan fingerprint density at radius 3 is 1.38 bits per heavy atom. The lowest BCUT2D eigenvalue weighted by Crippen LogP contribution is -1.87. The third kappa shape index (κ3) is 5.42. The van der Waals surface area contributed by atoms with Crippen LogP contribution in [0.1, 0.15) is 0 Å². The summed E-state index contributed by atoms with van der Waals surface area (Å²) >= 11 is 1.88. The molecule has 0 spiro atoms. The van der Waals surface area contributed by atoms with Gasteiger partial charge in [-0.15, -0.1) is 11.3 Å². The Bertz CT molecular complexity index is 3240. The van der Waals surface area contributed by atoms with E-state index in [9.17, 15) is 0 Å². The number of hydrogen-bond donors (Lipinski definition) is 0. The fourth-order valence-corrected chi connectivity index (χ4v) is 9.69. The number of hydrogen-bond acceptors (Lipinski definition) is 2. The van der Waals surface area contributed by atoms with Gasteiger partial charge in [0.2, 0.25) is 0 Å². The average molecular weight is 716 g/mol. The number of fused-ring (bicyclic) bond motifs is 9. The van der Waals surface area contributed by atoms with Crippen LogP contribution in [0.3, 0.4) is 0 Å². The molecule has 0 aliphatic heterocycles. The predicted molar refractivity (Wildman–Crippen MR) is 237 cm³/mol. The van der Waals surface area contributed by atoms with Gasteiger partial charge in [-0.1, -0.05) is 146 Å². The monoisotopic (exact) mass is 715 g/mol. The van der Waals surface area contributed by atoms with Crippen molar-refractivity contribution in [1.29, 1.82) is 0 Å². The van der Waals surface area contributed by atoms with Crippen LogP contribution in [0.15, 0.2) is 200 Å². The van der Waals surface area contributed by atoms with Crippen molar-refractivity contribution in [3.8, 4) is 55.6 Å². The minimum Gasteiger partial charge on any atom is -0.264 e. The Labute approximate surface area is 323 Å². The molecule has 1 nitrogen and oxygen atoms in total. The normalized spacial score (nSPS) is 11.6. The number of benzene rings is 9. The number of nitrogens with zero attached hydrogens (tertiary/aromatic N) is 1. The second-order valence-electron chi connectivity index (χ2n) is 14.3. The molecule has 2 aromatic heterocycles. The number of pyridine rings is 1. The van der Waals surface area contributed by atoms with E-state index in [4.69, 9.17) is 0 Å². The minimum absolute atomic E-state index is 1.19. The summed E-state index contributed by atoms with van der Waals surface area (Å²) in [6.07, 6.45) is 3.90. The highest BCUT2D eigenvalue weighted by Crippen LogP contribution is 2.41. The van der Waals surface area contributed by atoms with Crippen molar-refractivity contribution in [3.05, 3.63) is 200 Å². The third-order valence-electron chi connectivity index (χ3n) is 11.1. The van der Waals surface area contributed by atoms with Crippen molar-refractivity contribution >= 4 is 63.8 Å². The van der Waals surface area contributed by atoms with Gasteiger partial charge in [0.1, 0.15) is 0 Å². The lowest BCUT2D eigenvalue weighted by Gasteiger charge is -2.13. The van der Waals surface area contributed by atoms with Crippen LogP contribution < -0.4 is 0 Å². The summed E-state index contributed by atoms with van der Waals surface area (Å²) in [4.78, 5) is 4.48. The van der Waals surface area contributed by atoms with Crippen LogP contribution in [-0.4, -0.2) is 4.98 Å². The van der Waals surface area contributed by atoms with Gasteiger partial charge in [-0.3, -0.25) is 4.98 Å². The molecule has 11 aromatic rings. The van der Waals surface area contributed by atoms with Crippen molar-refractivity contribution in [1.82, 2.24) is 4.98 Å². The van der Waals surface area contributed by atoms with E-state index in [-0.39, 0.29) is 0 Å². The smallest absolute Gasteiger partial charge is 0.0433 e. The van der Waals surface area contributed by atoms with E-state index in [0.717, 1.165) is 0 Å². The maximum Gasteiger partial charge on any atom is 0.0433 e. The zero-order chi connectivity index (χ0) is 36.3. The van der Waals surface area contributed by atoms with Crippen LogP contribution in [0.5, 0.6) is 0 Å². The van der Waals surface area contributed by atoms with E-state index in [1.807, 2.05) is 23.7 Å². The van der Waals surface area contributed by atoms with Crippen LogP contribution >= 0.6 is 11.3 Å². The van der Waals surface area contributed by atoms with Crippen molar-refractivity contribution in [3.63, 3.8) is 0 Å². The van der Waals surface area contributed by atoms with Gasteiger partial charge in [0.25, 0.3) is 0 Å². The zero-order valence-electron chi connectivity index (χ0n) is 29.9. The average Bonchev–Trinajstić information content (AvgIpc) is 3.66. The van der Waals surface area contributed by atoms with E-state index in [2.05, 4.69) is 193 Å². The maximum atomic E-state index is 4.48. The first-order valence-electron chi connectivity index (χ1n) is 18.8. The van der Waals surface area contributed by atoms with Crippen LogP contribution in [0.2, 0.25) is 0 Å². The maximum absolute atomic E-state index is 4.48. The molecule has 0 atom stereocenters. The first-order valence-corrected chi connectivity index (χ1v) is 19.6. The Morgan fingerprint density at radius 1 is 0.291 bits per heavy atom. The molecule has 0 N–H and O–H groups in total. The highest BCUT2D eigenvalue weighted by atomic mass is 32.1. The molecule has 0 fully saturated rings. The lowest BCUT2D eigenvalue weighted by molar-refractivity contribution is 1.37. The standard InChI is InChI=1S/C53H33NS/c1-2-19-45-44(18-1)46-25-24-41(32-50(46)47-26-27-54-33-51(45)47)39-15-7-13-37(30-39)35-11-5-10-34(28-35)36-12-6-14-38(29-36)40-16-8-17-42(31-40)43-21-9-22-49-48-20-3-4-23-52(48)55-53(43)49/h1-33H. The molecule has 0 saturated heterocycles. The van der Waals surface area contributed by atoms with E-state index in [0.29, 0.717) is 0 Å². The molecule has 0 bridgehead atoms. The van der Waals surface area contributed by atoms with Gasteiger partial charge >= 0.3 is 0 Å². The van der Waals surface area contributed by atoms with Crippen molar-refractivity contribution in [2.75, 3.05) is 0 Å². The molecule has 2 heterocycles. The Balaban J connectivity index is 0.936. The van der Waals surface area contributed by atoms with E-state index in [1.54, 1.807) is 0 Å². The molecule has 0 saturated carbocycles. The van der Waals surface area contributed by atoms with Crippen molar-refractivity contribution in [2.45, 2.75) is 0 Å². The second kappa shape index (κ2) is 12.9. The van der Waals surface area contributed by atoms with Crippen molar-refractivity contribution < 1.29 is 0 Å². The summed E-state index contributed by atoms with van der Waals surface area (Å²) in [6, 6.07) is 69.0. The molecular weight excluding hydrogens is 683 g/mol. The summed E-state index contributed by atoms with van der Waals surface area (Å²) in [5.74, 6) is 0.